The Morgan fingerprint density at radius 1 is 1.05 bits per heavy atom. The second kappa shape index (κ2) is 9.43. The van der Waals surface area contributed by atoms with Gasteiger partial charge in [0.1, 0.15) is 23.5 Å². The van der Waals surface area contributed by atoms with Crippen molar-refractivity contribution in [2.75, 3.05) is 39.3 Å². The third-order valence-electron chi connectivity index (χ3n) is 8.44. The van der Waals surface area contributed by atoms with Crippen LogP contribution in [0.4, 0.5) is 5.69 Å². The standard InChI is InChI=1S/C30H29BrN2O5/c1-32-16-23(30(29(35)37-3)17-38-24-14-9-19(31)15-22(24)27(30)32)26-25(18-7-5-4-6-8-18)28(34)33(26)20-10-12-21(36-2)13-11-20/h4-15,23,25-27H,16-17H2,1-3H3/t23-,25-,26-,27-,30+/m0/s1. The molecular weight excluding hydrogens is 548 g/mol. The molecule has 0 spiro atoms. The highest BCUT2D eigenvalue weighted by Gasteiger charge is 2.68. The molecule has 0 unspecified atom stereocenters. The van der Waals surface area contributed by atoms with E-state index in [0.29, 0.717) is 12.3 Å². The van der Waals surface area contributed by atoms with E-state index in [9.17, 15) is 9.59 Å². The zero-order chi connectivity index (χ0) is 26.6. The summed E-state index contributed by atoms with van der Waals surface area (Å²) in [4.78, 5) is 31.8. The minimum absolute atomic E-state index is 0.0114. The predicted molar refractivity (Wildman–Crippen MR) is 146 cm³/mol. The number of benzene rings is 3. The van der Waals surface area contributed by atoms with Gasteiger partial charge in [0.15, 0.2) is 0 Å². The van der Waals surface area contributed by atoms with Crippen LogP contribution in [-0.4, -0.2) is 57.2 Å². The van der Waals surface area contributed by atoms with Crippen molar-refractivity contribution in [3.63, 3.8) is 0 Å². The fraction of sp³-hybridized carbons (Fsp3) is 0.333. The highest BCUT2D eigenvalue weighted by Crippen LogP contribution is 2.60. The zero-order valence-corrected chi connectivity index (χ0v) is 23.1. The van der Waals surface area contributed by atoms with Crippen molar-refractivity contribution in [2.24, 2.45) is 11.3 Å². The van der Waals surface area contributed by atoms with Gasteiger partial charge in [-0.3, -0.25) is 14.5 Å². The topological polar surface area (TPSA) is 68.3 Å². The first kappa shape index (κ1) is 24.9. The molecule has 0 aliphatic carbocycles. The fourth-order valence-electron chi connectivity index (χ4n) is 6.83. The van der Waals surface area contributed by atoms with E-state index in [1.807, 2.05) is 84.7 Å². The van der Waals surface area contributed by atoms with Crippen molar-refractivity contribution in [3.8, 4) is 11.5 Å². The molecule has 0 aromatic heterocycles. The van der Waals surface area contributed by atoms with Crippen LogP contribution in [0.25, 0.3) is 0 Å². The number of fused-ring (bicyclic) bond motifs is 3. The maximum absolute atomic E-state index is 13.9. The lowest BCUT2D eigenvalue weighted by molar-refractivity contribution is -0.163. The molecule has 3 aromatic rings. The largest absolute Gasteiger partial charge is 0.497 e. The number of rotatable bonds is 5. The van der Waals surface area contributed by atoms with Gasteiger partial charge in [0.2, 0.25) is 5.91 Å². The number of esters is 1. The number of likely N-dealkylation sites (tertiary alicyclic amines) is 1. The molecule has 8 heteroatoms. The highest BCUT2D eigenvalue weighted by atomic mass is 79.9. The first-order valence-corrected chi connectivity index (χ1v) is 13.4. The van der Waals surface area contributed by atoms with Gasteiger partial charge in [-0.05, 0) is 55.1 Å². The highest BCUT2D eigenvalue weighted by molar-refractivity contribution is 9.10. The van der Waals surface area contributed by atoms with Gasteiger partial charge in [0, 0.05) is 28.2 Å². The molecule has 3 aliphatic rings. The van der Waals surface area contributed by atoms with E-state index in [1.54, 1.807) is 7.11 Å². The molecule has 7 nitrogen and oxygen atoms in total. The van der Waals surface area contributed by atoms with E-state index < -0.39 is 5.41 Å². The molecule has 5 atom stereocenters. The second-order valence-electron chi connectivity index (χ2n) is 10.2. The molecule has 0 radical (unpaired) electrons. The maximum atomic E-state index is 13.9. The third-order valence-corrected chi connectivity index (χ3v) is 8.93. The lowest BCUT2D eigenvalue weighted by Gasteiger charge is -2.54. The Hall–Kier alpha value is -3.36. The number of β-lactam (4-membered cyclic amide) rings is 1. The Balaban J connectivity index is 1.50. The molecule has 3 aromatic carbocycles. The Labute approximate surface area is 230 Å². The molecule has 2 fully saturated rings. The van der Waals surface area contributed by atoms with E-state index in [0.717, 1.165) is 27.0 Å². The summed E-state index contributed by atoms with van der Waals surface area (Å²) in [6.45, 7) is 0.777. The van der Waals surface area contributed by atoms with Crippen LogP contribution in [0.1, 0.15) is 23.1 Å². The third kappa shape index (κ3) is 3.57. The van der Waals surface area contributed by atoms with Crippen molar-refractivity contribution in [1.82, 2.24) is 4.90 Å². The van der Waals surface area contributed by atoms with Gasteiger partial charge in [-0.15, -0.1) is 0 Å². The average Bonchev–Trinajstić information content (AvgIpc) is 3.24. The van der Waals surface area contributed by atoms with Gasteiger partial charge >= 0.3 is 5.97 Å². The van der Waals surface area contributed by atoms with E-state index in [4.69, 9.17) is 14.2 Å². The summed E-state index contributed by atoms with van der Waals surface area (Å²) in [5, 5.41) is 0. The summed E-state index contributed by atoms with van der Waals surface area (Å²) in [5.74, 6) is 0.539. The number of carbonyl (C=O) groups excluding carboxylic acids is 2. The molecule has 1 amide bonds. The summed E-state index contributed by atoms with van der Waals surface area (Å²) in [5.41, 5.74) is 1.66. The maximum Gasteiger partial charge on any atom is 0.317 e. The van der Waals surface area contributed by atoms with Gasteiger partial charge in [-0.1, -0.05) is 46.3 Å². The number of ether oxygens (including phenoxy) is 3. The van der Waals surface area contributed by atoms with Gasteiger partial charge < -0.3 is 19.1 Å². The van der Waals surface area contributed by atoms with Crippen LogP contribution in [0.5, 0.6) is 11.5 Å². The first-order valence-electron chi connectivity index (χ1n) is 12.6. The van der Waals surface area contributed by atoms with Crippen LogP contribution in [-0.2, 0) is 14.3 Å². The SMILES string of the molecule is COC(=O)[C@@]12COc3ccc(Br)cc3[C@@H]1N(C)C[C@H]2[C@H]1[C@H](c2ccccc2)C(=O)N1c1ccc(OC)cc1. The zero-order valence-electron chi connectivity index (χ0n) is 21.5. The van der Waals surface area contributed by atoms with E-state index >= 15 is 0 Å². The first-order chi connectivity index (χ1) is 18.4. The summed E-state index contributed by atoms with van der Waals surface area (Å²) in [6, 6.07) is 22.7. The van der Waals surface area contributed by atoms with Crippen molar-refractivity contribution < 1.29 is 23.8 Å². The van der Waals surface area contributed by atoms with E-state index in [-0.39, 0.29) is 42.4 Å². The van der Waals surface area contributed by atoms with Crippen LogP contribution in [0.3, 0.4) is 0 Å². The van der Waals surface area contributed by atoms with Crippen molar-refractivity contribution >= 4 is 33.5 Å². The van der Waals surface area contributed by atoms with Gasteiger partial charge in [0.05, 0.1) is 32.2 Å². The molecule has 3 aliphatic heterocycles. The lowest BCUT2D eigenvalue weighted by Crippen LogP contribution is -2.67. The minimum atomic E-state index is -1.000. The number of halogens is 1. The summed E-state index contributed by atoms with van der Waals surface area (Å²) >= 11 is 3.59. The van der Waals surface area contributed by atoms with Crippen molar-refractivity contribution in [2.45, 2.75) is 18.0 Å². The molecule has 0 N–H and O–H groups in total. The summed E-state index contributed by atoms with van der Waals surface area (Å²) < 4.78 is 18.0. The van der Waals surface area contributed by atoms with Gasteiger partial charge in [0.25, 0.3) is 0 Å². The number of methoxy groups -OCH3 is 2. The van der Waals surface area contributed by atoms with Crippen molar-refractivity contribution in [3.05, 3.63) is 88.4 Å². The molecule has 0 bridgehead atoms. The minimum Gasteiger partial charge on any atom is -0.497 e. The fourth-order valence-corrected chi connectivity index (χ4v) is 7.20. The van der Waals surface area contributed by atoms with Crippen LogP contribution in [0.2, 0.25) is 0 Å². The Morgan fingerprint density at radius 3 is 2.47 bits per heavy atom. The molecule has 196 valence electrons. The molecule has 3 heterocycles. The van der Waals surface area contributed by atoms with Gasteiger partial charge in [-0.2, -0.15) is 0 Å². The molecule has 0 saturated carbocycles. The molecular formula is C30H29BrN2O5. The van der Waals surface area contributed by atoms with Crippen LogP contribution >= 0.6 is 15.9 Å². The molecule has 38 heavy (non-hydrogen) atoms. The van der Waals surface area contributed by atoms with Crippen LogP contribution < -0.4 is 14.4 Å². The predicted octanol–water partition coefficient (Wildman–Crippen LogP) is 4.81. The monoisotopic (exact) mass is 576 g/mol. The Bertz CT molecular complexity index is 1380. The number of hydrogen-bond acceptors (Lipinski definition) is 6. The van der Waals surface area contributed by atoms with E-state index in [2.05, 4.69) is 20.8 Å². The number of amides is 1. The number of nitrogens with zero attached hydrogens (tertiary/aromatic N) is 2. The molecule has 2 saturated heterocycles. The second-order valence-corrected chi connectivity index (χ2v) is 11.2. The number of hydrogen-bond donors (Lipinski definition) is 0. The summed E-state index contributed by atoms with van der Waals surface area (Å²) in [6.07, 6.45) is 0. The smallest absolute Gasteiger partial charge is 0.317 e. The summed E-state index contributed by atoms with van der Waals surface area (Å²) in [7, 11) is 5.09. The Morgan fingerprint density at radius 2 is 1.79 bits per heavy atom. The van der Waals surface area contributed by atoms with Gasteiger partial charge in [-0.25, -0.2) is 0 Å². The normalized spacial score (nSPS) is 28.1. The quantitative estimate of drug-likeness (QED) is 0.321. The Kier molecular flexibility index (Phi) is 6.19. The van der Waals surface area contributed by atoms with Crippen molar-refractivity contribution in [1.29, 1.82) is 0 Å². The molecule has 6 rings (SSSR count). The van der Waals surface area contributed by atoms with E-state index in [1.165, 1.54) is 7.11 Å². The lowest BCUT2D eigenvalue weighted by atomic mass is 9.62. The number of anilines is 1. The van der Waals surface area contributed by atoms with Crippen LogP contribution in [0.15, 0.2) is 77.3 Å². The average molecular weight is 577 g/mol. The van der Waals surface area contributed by atoms with Crippen LogP contribution in [0, 0.1) is 11.3 Å². The number of carbonyl (C=O) groups is 2.